The highest BCUT2D eigenvalue weighted by atomic mass is 32.2. The number of anilines is 1. The summed E-state index contributed by atoms with van der Waals surface area (Å²) in [5, 5.41) is 10.2. The van der Waals surface area contributed by atoms with Gasteiger partial charge in [0, 0.05) is 50.2 Å². The van der Waals surface area contributed by atoms with Gasteiger partial charge in [-0.1, -0.05) is 24.6 Å². The minimum Gasteiger partial charge on any atom is -0.490 e. The molecule has 1 amide bonds. The largest absolute Gasteiger partial charge is 0.490 e. The summed E-state index contributed by atoms with van der Waals surface area (Å²) in [6, 6.07) is 14.8. The number of hydrogen-bond donors (Lipinski definition) is 2. The summed E-state index contributed by atoms with van der Waals surface area (Å²) >= 11 is 0. The molecule has 10 nitrogen and oxygen atoms in total. The molecule has 0 spiro atoms. The molecule has 2 aromatic carbocycles. The van der Waals surface area contributed by atoms with E-state index >= 15 is 0 Å². The second kappa shape index (κ2) is 16.4. The topological polar surface area (TPSA) is 121 Å². The number of likely N-dealkylation sites (N-methyl/N-ethyl adjacent to an activating group) is 1. The van der Waals surface area contributed by atoms with Crippen LogP contribution in [-0.4, -0.2) is 85.8 Å². The number of rotatable bonds is 9. The third kappa shape index (κ3) is 9.75. The molecule has 4 rings (SSSR count). The second-order valence-electron chi connectivity index (χ2n) is 12.5. The number of pyridine rings is 1. The van der Waals surface area contributed by atoms with E-state index in [9.17, 15) is 18.3 Å². The van der Waals surface area contributed by atoms with Gasteiger partial charge in [-0.2, -0.15) is 0 Å². The van der Waals surface area contributed by atoms with Crippen molar-refractivity contribution in [1.29, 1.82) is 0 Å². The maximum Gasteiger partial charge on any atom is 0.261 e. The zero-order valence-corrected chi connectivity index (χ0v) is 28.4. The van der Waals surface area contributed by atoms with Crippen molar-refractivity contribution >= 4 is 21.6 Å². The monoisotopic (exact) mass is 652 g/mol. The number of nitrogens with zero attached hydrogens (tertiary/aromatic N) is 3. The predicted octanol–water partition coefficient (Wildman–Crippen LogP) is 5.12. The summed E-state index contributed by atoms with van der Waals surface area (Å²) < 4.78 is 41.8. The summed E-state index contributed by atoms with van der Waals surface area (Å²) in [4.78, 5) is 22.4. The molecule has 2 heterocycles. The van der Waals surface area contributed by atoms with Crippen molar-refractivity contribution in [3.8, 4) is 5.75 Å². The summed E-state index contributed by atoms with van der Waals surface area (Å²) in [5.41, 5.74) is 2.57. The number of aryl methyl sites for hydroxylation is 1. The van der Waals surface area contributed by atoms with Crippen LogP contribution in [0.5, 0.6) is 5.75 Å². The zero-order valence-electron chi connectivity index (χ0n) is 27.6. The molecule has 0 bridgehead atoms. The van der Waals surface area contributed by atoms with Crippen LogP contribution in [0.3, 0.4) is 0 Å². The molecule has 0 aliphatic carbocycles. The molecule has 0 saturated carbocycles. The van der Waals surface area contributed by atoms with Gasteiger partial charge in [0.2, 0.25) is 0 Å². The number of aliphatic hydroxyl groups excluding tert-OH is 1. The molecular weight excluding hydrogens is 604 g/mol. The van der Waals surface area contributed by atoms with E-state index in [-0.39, 0.29) is 46.8 Å². The van der Waals surface area contributed by atoms with Crippen molar-refractivity contribution in [2.24, 2.45) is 5.92 Å². The lowest BCUT2D eigenvalue weighted by atomic mass is 10.0. The normalized spacial score (nSPS) is 20.8. The van der Waals surface area contributed by atoms with E-state index in [1.54, 1.807) is 60.6 Å². The smallest absolute Gasteiger partial charge is 0.261 e. The zero-order chi connectivity index (χ0) is 33.3. The van der Waals surface area contributed by atoms with Crippen molar-refractivity contribution in [3.05, 3.63) is 83.7 Å². The van der Waals surface area contributed by atoms with E-state index in [0.29, 0.717) is 25.4 Å². The van der Waals surface area contributed by atoms with Gasteiger partial charge in [-0.25, -0.2) is 8.42 Å². The lowest BCUT2D eigenvalue weighted by Crippen LogP contribution is -2.47. The van der Waals surface area contributed by atoms with Crippen LogP contribution in [0.15, 0.2) is 71.9 Å². The third-order valence-corrected chi connectivity index (χ3v) is 9.73. The van der Waals surface area contributed by atoms with Crippen molar-refractivity contribution in [3.63, 3.8) is 0 Å². The maximum absolute atomic E-state index is 14.4. The molecule has 4 atom stereocenters. The first-order chi connectivity index (χ1) is 22.0. The number of amides is 1. The Morgan fingerprint density at radius 3 is 2.50 bits per heavy atom. The van der Waals surface area contributed by atoms with Crippen LogP contribution in [0, 0.1) is 12.8 Å². The molecular formula is C35H48N4O6S. The van der Waals surface area contributed by atoms with Gasteiger partial charge in [0.05, 0.1) is 35.3 Å². The Hall–Kier alpha value is -3.51. The Balaban J connectivity index is 1.64. The van der Waals surface area contributed by atoms with E-state index in [0.717, 1.165) is 36.9 Å². The van der Waals surface area contributed by atoms with Crippen LogP contribution in [0.4, 0.5) is 5.69 Å². The standard InChI is InChI=1S/C35H48N4O6S/c1-25-9-12-31(13-10-25)46(42,43)37-30-11-14-33-32(20-30)35(41)39(27(3)24-40)21-26(2)34(44-19-7-6-8-28(4)45-33)23-38(5)22-29-15-17-36-18-16-29/h9-18,20,26-28,34,37,40H,6-8,19,21-24H2,1-5H3/t26-,27-,28-,34+/m1/s1. The van der Waals surface area contributed by atoms with Crippen LogP contribution in [-0.2, 0) is 21.3 Å². The van der Waals surface area contributed by atoms with Crippen molar-refractivity contribution in [2.45, 2.75) is 76.6 Å². The molecule has 250 valence electrons. The molecule has 0 fully saturated rings. The molecule has 0 radical (unpaired) electrons. The van der Waals surface area contributed by atoms with Crippen LogP contribution >= 0.6 is 0 Å². The van der Waals surface area contributed by atoms with Gasteiger partial charge >= 0.3 is 0 Å². The van der Waals surface area contributed by atoms with Gasteiger partial charge in [-0.15, -0.1) is 0 Å². The Morgan fingerprint density at radius 2 is 1.80 bits per heavy atom. The molecule has 0 saturated heterocycles. The summed E-state index contributed by atoms with van der Waals surface area (Å²) in [5.74, 6) is -0.0549. The first-order valence-corrected chi connectivity index (χ1v) is 17.5. The Labute approximate surface area is 273 Å². The number of fused-ring (bicyclic) bond motifs is 1. The number of nitrogens with one attached hydrogen (secondary N) is 1. The van der Waals surface area contributed by atoms with Gasteiger partial charge in [0.15, 0.2) is 0 Å². The van der Waals surface area contributed by atoms with Gasteiger partial charge < -0.3 is 19.5 Å². The number of aromatic nitrogens is 1. The average Bonchev–Trinajstić information content (AvgIpc) is 3.03. The van der Waals surface area contributed by atoms with E-state index < -0.39 is 16.1 Å². The number of aliphatic hydroxyl groups is 1. The van der Waals surface area contributed by atoms with Gasteiger partial charge in [-0.3, -0.25) is 19.4 Å². The molecule has 1 aromatic heterocycles. The highest BCUT2D eigenvalue weighted by Crippen LogP contribution is 2.29. The first-order valence-electron chi connectivity index (χ1n) is 16.0. The fourth-order valence-corrected chi connectivity index (χ4v) is 6.60. The molecule has 0 unspecified atom stereocenters. The Bertz CT molecular complexity index is 1520. The highest BCUT2D eigenvalue weighted by molar-refractivity contribution is 7.92. The van der Waals surface area contributed by atoms with Crippen LogP contribution in [0.1, 0.15) is 61.5 Å². The summed E-state index contributed by atoms with van der Waals surface area (Å²) in [6.45, 7) is 9.77. The molecule has 1 aliphatic rings. The van der Waals surface area contributed by atoms with Gasteiger partial charge in [-0.05, 0) is 95.1 Å². The van der Waals surface area contributed by atoms with Crippen molar-refractivity contribution in [1.82, 2.24) is 14.8 Å². The Kier molecular flexibility index (Phi) is 12.6. The summed E-state index contributed by atoms with van der Waals surface area (Å²) in [7, 11) is -1.85. The van der Waals surface area contributed by atoms with E-state index in [4.69, 9.17) is 9.47 Å². The average molecular weight is 653 g/mol. The summed E-state index contributed by atoms with van der Waals surface area (Å²) in [6.07, 6.45) is 5.73. The second-order valence-corrected chi connectivity index (χ2v) is 14.2. The number of ether oxygens (including phenoxy) is 2. The van der Waals surface area contributed by atoms with Crippen LogP contribution in [0.25, 0.3) is 0 Å². The fraction of sp³-hybridized carbons (Fsp3) is 0.486. The molecule has 11 heteroatoms. The highest BCUT2D eigenvalue weighted by Gasteiger charge is 2.30. The molecule has 1 aliphatic heterocycles. The lowest BCUT2D eigenvalue weighted by Gasteiger charge is -2.36. The number of hydrogen-bond acceptors (Lipinski definition) is 8. The molecule has 2 N–H and O–H groups in total. The fourth-order valence-electron chi connectivity index (χ4n) is 5.55. The number of carbonyl (C=O) groups is 1. The minimum atomic E-state index is -3.90. The number of carbonyl (C=O) groups excluding carboxylic acids is 1. The van der Waals surface area contributed by atoms with E-state index in [2.05, 4.69) is 28.6 Å². The number of benzene rings is 2. The predicted molar refractivity (Wildman–Crippen MR) is 179 cm³/mol. The van der Waals surface area contributed by atoms with Gasteiger partial charge in [0.1, 0.15) is 5.75 Å². The van der Waals surface area contributed by atoms with Crippen molar-refractivity contribution < 1.29 is 27.8 Å². The SMILES string of the molecule is Cc1ccc(S(=O)(=O)Nc2ccc3c(c2)C(=O)N([C@H](C)CO)C[C@@H](C)[C@H](CN(C)Cc2ccncc2)OCCCC[C@@H](C)O3)cc1. The van der Waals surface area contributed by atoms with Crippen LogP contribution in [0.2, 0.25) is 0 Å². The third-order valence-electron chi connectivity index (χ3n) is 8.33. The molecule has 3 aromatic rings. The minimum absolute atomic E-state index is 0.0766. The Morgan fingerprint density at radius 1 is 1.09 bits per heavy atom. The number of sulfonamides is 1. The first kappa shape index (κ1) is 35.3. The van der Waals surface area contributed by atoms with E-state index in [1.165, 1.54) is 6.07 Å². The maximum atomic E-state index is 14.4. The lowest BCUT2D eigenvalue weighted by molar-refractivity contribution is -0.0177. The van der Waals surface area contributed by atoms with Crippen molar-refractivity contribution in [2.75, 3.05) is 38.1 Å². The van der Waals surface area contributed by atoms with Gasteiger partial charge in [0.25, 0.3) is 15.9 Å². The van der Waals surface area contributed by atoms with E-state index in [1.807, 2.05) is 26.0 Å². The quantitative estimate of drug-likeness (QED) is 0.327. The van der Waals surface area contributed by atoms with Crippen LogP contribution < -0.4 is 9.46 Å². The molecule has 46 heavy (non-hydrogen) atoms.